The van der Waals surface area contributed by atoms with E-state index in [1.165, 1.54) is 6.08 Å². The quantitative estimate of drug-likeness (QED) is 0.648. The third-order valence-corrected chi connectivity index (χ3v) is 4.09. The van der Waals surface area contributed by atoms with Gasteiger partial charge >= 0.3 is 12.0 Å². The number of aliphatic carboxylic acids is 1. The van der Waals surface area contributed by atoms with Gasteiger partial charge in [-0.1, -0.05) is 19.8 Å². The molecule has 0 fully saturated rings. The Kier molecular flexibility index (Phi) is 5.34. The summed E-state index contributed by atoms with van der Waals surface area (Å²) in [5.74, 6) is -1.29. The van der Waals surface area contributed by atoms with Crippen LogP contribution in [0.25, 0.3) is 0 Å². The summed E-state index contributed by atoms with van der Waals surface area (Å²) in [5, 5.41) is 14.7. The molecular formula is C11H18N2O5S. The first-order valence-electron chi connectivity index (χ1n) is 6.05. The maximum atomic E-state index is 11.6. The molecule has 0 aliphatic carbocycles. The van der Waals surface area contributed by atoms with Crippen molar-refractivity contribution in [1.82, 2.24) is 10.6 Å². The molecule has 3 N–H and O–H groups in total. The van der Waals surface area contributed by atoms with Crippen LogP contribution in [0.2, 0.25) is 0 Å². The van der Waals surface area contributed by atoms with Gasteiger partial charge < -0.3 is 15.7 Å². The Labute approximate surface area is 112 Å². The van der Waals surface area contributed by atoms with Crippen LogP contribution in [0.15, 0.2) is 11.5 Å². The lowest BCUT2D eigenvalue weighted by atomic mass is 10.1. The Bertz CT molecular complexity index is 471. The molecule has 1 heterocycles. The molecule has 0 spiro atoms. The maximum absolute atomic E-state index is 11.6. The monoisotopic (exact) mass is 290 g/mol. The zero-order chi connectivity index (χ0) is 14.5. The van der Waals surface area contributed by atoms with E-state index in [0.29, 0.717) is 12.8 Å². The highest BCUT2D eigenvalue weighted by Gasteiger charge is 2.25. The zero-order valence-electron chi connectivity index (χ0n) is 10.6. The molecule has 8 heteroatoms. The minimum atomic E-state index is -3.24. The van der Waals surface area contributed by atoms with Gasteiger partial charge in [-0.3, -0.25) is 0 Å². The van der Waals surface area contributed by atoms with Gasteiger partial charge in [-0.25, -0.2) is 18.0 Å². The van der Waals surface area contributed by atoms with E-state index >= 15 is 0 Å². The van der Waals surface area contributed by atoms with Crippen molar-refractivity contribution in [2.45, 2.75) is 38.3 Å². The van der Waals surface area contributed by atoms with Crippen LogP contribution < -0.4 is 10.6 Å². The molecule has 1 rings (SSSR count). The van der Waals surface area contributed by atoms with Crippen LogP contribution in [-0.4, -0.2) is 43.4 Å². The molecule has 0 bridgehead atoms. The van der Waals surface area contributed by atoms with Crippen LogP contribution in [0.4, 0.5) is 4.79 Å². The highest BCUT2D eigenvalue weighted by Crippen LogP contribution is 2.07. The lowest BCUT2D eigenvalue weighted by Crippen LogP contribution is -2.49. The number of carboxylic acid groups (broad SMARTS) is 1. The molecular weight excluding hydrogens is 272 g/mol. The van der Waals surface area contributed by atoms with Crippen LogP contribution in [0.1, 0.15) is 26.2 Å². The van der Waals surface area contributed by atoms with Crippen LogP contribution in [0, 0.1) is 0 Å². The Morgan fingerprint density at radius 3 is 2.63 bits per heavy atom. The van der Waals surface area contributed by atoms with E-state index in [9.17, 15) is 18.0 Å². The SMILES string of the molecule is CCCC[C@H](NC(=O)NC1C=CS(=O)(=O)C1)C(=O)O. The second kappa shape index (κ2) is 6.55. The van der Waals surface area contributed by atoms with Gasteiger partial charge in [0.25, 0.3) is 0 Å². The molecule has 108 valence electrons. The smallest absolute Gasteiger partial charge is 0.326 e. The first-order chi connectivity index (χ1) is 8.84. The average Bonchev–Trinajstić information content (AvgIpc) is 2.63. The number of sulfone groups is 1. The number of unbranched alkanes of at least 4 members (excludes halogenated alkanes) is 1. The number of amides is 2. The lowest BCUT2D eigenvalue weighted by Gasteiger charge is -2.16. The van der Waals surface area contributed by atoms with Crippen molar-refractivity contribution in [1.29, 1.82) is 0 Å². The standard InChI is InChI=1S/C11H18N2O5S/c1-2-3-4-9(10(14)15)13-11(16)12-8-5-6-19(17,18)7-8/h5-6,8-9H,2-4,7H2,1H3,(H,14,15)(H2,12,13,16)/t8?,9-/m0/s1. The van der Waals surface area contributed by atoms with E-state index in [2.05, 4.69) is 10.6 Å². The predicted octanol–water partition coefficient (Wildman–Crippen LogP) is 0.240. The fourth-order valence-electron chi connectivity index (χ4n) is 1.70. The summed E-state index contributed by atoms with van der Waals surface area (Å²) in [5.41, 5.74) is 0. The van der Waals surface area contributed by atoms with Gasteiger partial charge in [0.2, 0.25) is 0 Å². The van der Waals surface area contributed by atoms with Crippen LogP contribution in [0.5, 0.6) is 0 Å². The summed E-state index contributed by atoms with van der Waals surface area (Å²) in [6.07, 6.45) is 3.24. The highest BCUT2D eigenvalue weighted by atomic mass is 32.2. The number of carbonyl (C=O) groups is 2. The van der Waals surface area contributed by atoms with Gasteiger partial charge in [-0.2, -0.15) is 0 Å². The number of carbonyl (C=O) groups excluding carboxylic acids is 1. The second-order valence-electron chi connectivity index (χ2n) is 4.42. The Morgan fingerprint density at radius 1 is 1.47 bits per heavy atom. The molecule has 2 amide bonds. The minimum Gasteiger partial charge on any atom is -0.480 e. The molecule has 0 aromatic carbocycles. The topological polar surface area (TPSA) is 113 Å². The summed E-state index contributed by atoms with van der Waals surface area (Å²) < 4.78 is 22.3. The third kappa shape index (κ3) is 5.29. The largest absolute Gasteiger partial charge is 0.480 e. The van der Waals surface area contributed by atoms with Crippen molar-refractivity contribution in [2.75, 3.05) is 5.75 Å². The van der Waals surface area contributed by atoms with Crippen molar-refractivity contribution < 1.29 is 23.1 Å². The van der Waals surface area contributed by atoms with E-state index in [-0.39, 0.29) is 5.75 Å². The van der Waals surface area contributed by atoms with Crippen molar-refractivity contribution in [3.63, 3.8) is 0 Å². The van der Waals surface area contributed by atoms with Gasteiger partial charge in [0.1, 0.15) is 6.04 Å². The first kappa shape index (κ1) is 15.5. The minimum absolute atomic E-state index is 0.187. The fourth-order valence-corrected chi connectivity index (χ4v) is 2.93. The van der Waals surface area contributed by atoms with E-state index in [1.807, 2.05) is 6.92 Å². The molecule has 7 nitrogen and oxygen atoms in total. The molecule has 0 saturated heterocycles. The number of nitrogens with one attached hydrogen (secondary N) is 2. The number of hydrogen-bond acceptors (Lipinski definition) is 4. The number of hydrogen-bond donors (Lipinski definition) is 3. The summed E-state index contributed by atoms with van der Waals surface area (Å²) in [4.78, 5) is 22.5. The van der Waals surface area contributed by atoms with Crippen LogP contribution in [0.3, 0.4) is 0 Å². The third-order valence-electron chi connectivity index (χ3n) is 2.70. The van der Waals surface area contributed by atoms with Gasteiger partial charge in [0.15, 0.2) is 9.84 Å². The van der Waals surface area contributed by atoms with Gasteiger partial charge in [-0.15, -0.1) is 0 Å². The fraction of sp³-hybridized carbons (Fsp3) is 0.636. The molecule has 19 heavy (non-hydrogen) atoms. The average molecular weight is 290 g/mol. The molecule has 2 atom stereocenters. The first-order valence-corrected chi connectivity index (χ1v) is 7.76. The van der Waals surface area contributed by atoms with E-state index in [4.69, 9.17) is 5.11 Å². The van der Waals surface area contributed by atoms with Gasteiger partial charge in [0.05, 0.1) is 11.8 Å². The number of carboxylic acids is 1. The number of rotatable bonds is 6. The van der Waals surface area contributed by atoms with E-state index < -0.39 is 33.9 Å². The number of urea groups is 1. The van der Waals surface area contributed by atoms with Crippen LogP contribution in [-0.2, 0) is 14.6 Å². The maximum Gasteiger partial charge on any atom is 0.326 e. The van der Waals surface area contributed by atoms with Gasteiger partial charge in [-0.05, 0) is 12.5 Å². The molecule has 1 unspecified atom stereocenters. The van der Waals surface area contributed by atoms with Crippen LogP contribution >= 0.6 is 0 Å². The van der Waals surface area contributed by atoms with Crippen molar-refractivity contribution >= 4 is 21.8 Å². The molecule has 0 radical (unpaired) electrons. The zero-order valence-corrected chi connectivity index (χ0v) is 11.4. The highest BCUT2D eigenvalue weighted by molar-refractivity contribution is 7.94. The molecule has 0 aromatic heterocycles. The van der Waals surface area contributed by atoms with Crippen molar-refractivity contribution in [3.8, 4) is 0 Å². The van der Waals surface area contributed by atoms with Crippen molar-refractivity contribution in [2.24, 2.45) is 0 Å². The van der Waals surface area contributed by atoms with E-state index in [1.54, 1.807) is 0 Å². The molecule has 1 aliphatic rings. The Balaban J connectivity index is 2.45. The second-order valence-corrected chi connectivity index (χ2v) is 6.35. The molecule has 0 aromatic rings. The Morgan fingerprint density at radius 2 is 2.16 bits per heavy atom. The molecule has 0 saturated carbocycles. The normalized spacial score (nSPS) is 21.8. The summed E-state index contributed by atoms with van der Waals surface area (Å²) >= 11 is 0. The van der Waals surface area contributed by atoms with Crippen molar-refractivity contribution in [3.05, 3.63) is 11.5 Å². The predicted molar refractivity (Wildman–Crippen MR) is 69.3 cm³/mol. The van der Waals surface area contributed by atoms with Gasteiger partial charge in [0, 0.05) is 5.41 Å². The summed E-state index contributed by atoms with van der Waals surface area (Å²) in [7, 11) is -3.24. The lowest BCUT2D eigenvalue weighted by molar-refractivity contribution is -0.139. The summed E-state index contributed by atoms with van der Waals surface area (Å²) in [6.45, 7) is 1.92. The summed E-state index contributed by atoms with van der Waals surface area (Å²) in [6, 6.07) is -2.23. The Hall–Kier alpha value is -1.57. The molecule has 1 aliphatic heterocycles. The van der Waals surface area contributed by atoms with E-state index in [0.717, 1.165) is 11.8 Å².